The van der Waals surface area contributed by atoms with E-state index in [1.165, 1.54) is 23.1 Å². The average Bonchev–Trinajstić information content (AvgIpc) is 3.41. The van der Waals surface area contributed by atoms with E-state index in [2.05, 4.69) is 10.3 Å². The van der Waals surface area contributed by atoms with Crippen LogP contribution in [0.15, 0.2) is 57.1 Å². The lowest BCUT2D eigenvalue weighted by Crippen LogP contribution is -2.26. The van der Waals surface area contributed by atoms with Crippen molar-refractivity contribution in [1.29, 1.82) is 0 Å². The van der Waals surface area contributed by atoms with Gasteiger partial charge in [0.15, 0.2) is 5.16 Å². The highest BCUT2D eigenvalue weighted by molar-refractivity contribution is 7.99. The van der Waals surface area contributed by atoms with E-state index in [-0.39, 0.29) is 17.2 Å². The summed E-state index contributed by atoms with van der Waals surface area (Å²) < 4.78 is 1.64. The van der Waals surface area contributed by atoms with Crippen LogP contribution in [0.25, 0.3) is 20.7 Å². The number of nitrogens with zero attached hydrogens (tertiary/aromatic N) is 2. The number of nitrogens with one attached hydrogen (secondary N) is 1. The molecular formula is C21H18ClN3O2S3. The Bertz CT molecular complexity index is 1250. The van der Waals surface area contributed by atoms with Crippen LogP contribution in [0.1, 0.15) is 12.5 Å². The zero-order valence-corrected chi connectivity index (χ0v) is 19.3. The highest BCUT2D eigenvalue weighted by Crippen LogP contribution is 2.34. The number of hydrogen-bond donors (Lipinski definition) is 1. The predicted octanol–water partition coefficient (Wildman–Crippen LogP) is 5.27. The van der Waals surface area contributed by atoms with Gasteiger partial charge in [-0.3, -0.25) is 14.2 Å². The predicted molar refractivity (Wildman–Crippen MR) is 127 cm³/mol. The molecule has 0 spiro atoms. The van der Waals surface area contributed by atoms with Gasteiger partial charge in [-0.1, -0.05) is 47.6 Å². The van der Waals surface area contributed by atoms with Gasteiger partial charge in [-0.25, -0.2) is 4.98 Å². The number of fused-ring (bicyclic) bond motifs is 1. The largest absolute Gasteiger partial charge is 0.351 e. The molecule has 0 radical (unpaired) electrons. The minimum absolute atomic E-state index is 0.0638. The number of amides is 1. The second-order valence-corrected chi connectivity index (χ2v) is 9.56. The fourth-order valence-electron chi connectivity index (χ4n) is 3.02. The molecule has 30 heavy (non-hydrogen) atoms. The average molecular weight is 476 g/mol. The van der Waals surface area contributed by atoms with Crippen LogP contribution in [0.2, 0.25) is 5.02 Å². The van der Waals surface area contributed by atoms with E-state index in [4.69, 9.17) is 11.6 Å². The van der Waals surface area contributed by atoms with Crippen molar-refractivity contribution >= 4 is 62.2 Å². The summed E-state index contributed by atoms with van der Waals surface area (Å²) >= 11 is 10.5. The summed E-state index contributed by atoms with van der Waals surface area (Å²) in [5.74, 6) is 0.0355. The highest BCUT2D eigenvalue weighted by Gasteiger charge is 2.18. The first-order valence-corrected chi connectivity index (χ1v) is 12.4. The van der Waals surface area contributed by atoms with Crippen molar-refractivity contribution in [1.82, 2.24) is 14.9 Å². The highest BCUT2D eigenvalue weighted by atomic mass is 35.5. The molecule has 0 aliphatic heterocycles. The van der Waals surface area contributed by atoms with Crippen molar-refractivity contribution in [3.8, 4) is 10.4 Å². The molecular weight excluding hydrogens is 458 g/mol. The van der Waals surface area contributed by atoms with Crippen molar-refractivity contribution in [2.45, 2.75) is 25.2 Å². The van der Waals surface area contributed by atoms with Crippen LogP contribution in [-0.4, -0.2) is 21.2 Å². The topological polar surface area (TPSA) is 64.0 Å². The van der Waals surface area contributed by atoms with Crippen LogP contribution in [0.3, 0.4) is 0 Å². The second kappa shape index (κ2) is 9.34. The van der Waals surface area contributed by atoms with Crippen molar-refractivity contribution in [2.24, 2.45) is 0 Å². The number of thioether (sulfide) groups is 1. The van der Waals surface area contributed by atoms with Gasteiger partial charge in [0.25, 0.3) is 5.56 Å². The Morgan fingerprint density at radius 2 is 2.07 bits per heavy atom. The minimum atomic E-state index is -0.137. The van der Waals surface area contributed by atoms with Gasteiger partial charge >= 0.3 is 0 Å². The summed E-state index contributed by atoms with van der Waals surface area (Å²) in [6, 6.07) is 11.4. The monoisotopic (exact) mass is 475 g/mol. The molecule has 3 aromatic heterocycles. The molecule has 0 aliphatic rings. The molecule has 1 aromatic carbocycles. The summed E-state index contributed by atoms with van der Waals surface area (Å²) in [4.78, 5) is 31.9. The van der Waals surface area contributed by atoms with E-state index in [9.17, 15) is 9.59 Å². The van der Waals surface area contributed by atoms with E-state index in [0.717, 1.165) is 16.0 Å². The first-order chi connectivity index (χ1) is 14.6. The van der Waals surface area contributed by atoms with Crippen LogP contribution in [0, 0.1) is 0 Å². The second-order valence-electron chi connectivity index (χ2n) is 6.41. The first-order valence-electron chi connectivity index (χ1n) is 9.27. The van der Waals surface area contributed by atoms with Crippen molar-refractivity contribution < 1.29 is 4.79 Å². The fourth-order valence-corrected chi connectivity index (χ4v) is 5.92. The van der Waals surface area contributed by atoms with Crippen LogP contribution < -0.4 is 10.9 Å². The lowest BCUT2D eigenvalue weighted by atomic mass is 10.2. The van der Waals surface area contributed by atoms with E-state index in [1.807, 2.05) is 48.0 Å². The summed E-state index contributed by atoms with van der Waals surface area (Å²) in [5.41, 5.74) is 1.73. The Labute approximate surface area is 190 Å². The molecule has 1 N–H and O–H groups in total. The Balaban J connectivity index is 1.52. The standard InChI is InChI=1S/C21H18ClN3O2S3/c1-2-25-20(27)18-14(16-8-5-9-28-16)11-29-19(18)24-21(25)30-12-17(26)23-10-13-6-3-4-7-15(13)22/h3-9,11H,2,10,12H2,1H3,(H,23,26). The lowest BCUT2D eigenvalue weighted by molar-refractivity contribution is -0.118. The van der Waals surface area contributed by atoms with Gasteiger partial charge in [-0.15, -0.1) is 22.7 Å². The molecule has 4 rings (SSSR count). The molecule has 0 saturated heterocycles. The molecule has 0 bridgehead atoms. The van der Waals surface area contributed by atoms with Gasteiger partial charge in [0, 0.05) is 33.9 Å². The van der Waals surface area contributed by atoms with Crippen LogP contribution in [0.5, 0.6) is 0 Å². The lowest BCUT2D eigenvalue weighted by Gasteiger charge is -2.11. The zero-order chi connectivity index (χ0) is 21.1. The minimum Gasteiger partial charge on any atom is -0.351 e. The first kappa shape index (κ1) is 21.1. The summed E-state index contributed by atoms with van der Waals surface area (Å²) in [7, 11) is 0. The van der Waals surface area contributed by atoms with Gasteiger partial charge in [0.1, 0.15) is 4.83 Å². The number of rotatable bonds is 7. The van der Waals surface area contributed by atoms with Crippen LogP contribution in [0.4, 0.5) is 0 Å². The molecule has 0 fully saturated rings. The van der Waals surface area contributed by atoms with E-state index in [1.54, 1.807) is 22.0 Å². The van der Waals surface area contributed by atoms with Crippen LogP contribution in [-0.2, 0) is 17.9 Å². The number of halogens is 1. The van der Waals surface area contributed by atoms with Gasteiger partial charge in [-0.05, 0) is 30.0 Å². The Kier molecular flexibility index (Phi) is 6.58. The third kappa shape index (κ3) is 4.32. The maximum Gasteiger partial charge on any atom is 0.263 e. The Morgan fingerprint density at radius 1 is 1.23 bits per heavy atom. The number of benzene rings is 1. The third-order valence-corrected chi connectivity index (χ3v) is 7.65. The van der Waals surface area contributed by atoms with Gasteiger partial charge in [0.2, 0.25) is 5.91 Å². The zero-order valence-electron chi connectivity index (χ0n) is 16.1. The SMILES string of the molecule is CCn1c(SCC(=O)NCc2ccccc2Cl)nc2scc(-c3cccs3)c2c1=O. The maximum absolute atomic E-state index is 13.2. The van der Waals surface area contributed by atoms with Crippen LogP contribution >= 0.6 is 46.0 Å². The molecule has 154 valence electrons. The van der Waals surface area contributed by atoms with Crippen molar-refractivity contribution in [2.75, 3.05) is 5.75 Å². The van der Waals surface area contributed by atoms with E-state index in [0.29, 0.717) is 33.5 Å². The molecule has 0 unspecified atom stereocenters. The Hall–Kier alpha value is -2.13. The summed E-state index contributed by atoms with van der Waals surface area (Å²) in [6.07, 6.45) is 0. The fraction of sp³-hybridized carbons (Fsp3) is 0.190. The van der Waals surface area contributed by atoms with Crippen molar-refractivity contribution in [3.63, 3.8) is 0 Å². The molecule has 0 atom stereocenters. The third-order valence-electron chi connectivity index (χ3n) is 4.53. The van der Waals surface area contributed by atoms with Gasteiger partial charge < -0.3 is 5.32 Å². The number of hydrogen-bond acceptors (Lipinski definition) is 6. The summed E-state index contributed by atoms with van der Waals surface area (Å²) in [5, 5.41) is 8.67. The quantitative estimate of drug-likeness (QED) is 0.292. The molecule has 0 saturated carbocycles. The van der Waals surface area contributed by atoms with Gasteiger partial charge in [0.05, 0.1) is 11.1 Å². The molecule has 3 heterocycles. The number of carbonyl (C=O) groups is 1. The normalized spacial score (nSPS) is 11.1. The maximum atomic E-state index is 13.2. The van der Waals surface area contributed by atoms with Crippen molar-refractivity contribution in [3.05, 3.63) is 68.1 Å². The Morgan fingerprint density at radius 3 is 2.80 bits per heavy atom. The molecule has 4 aromatic rings. The number of aromatic nitrogens is 2. The summed E-state index contributed by atoms with van der Waals surface area (Å²) in [6.45, 7) is 2.76. The number of thiophene rings is 2. The van der Waals surface area contributed by atoms with E-state index >= 15 is 0 Å². The molecule has 1 amide bonds. The smallest absolute Gasteiger partial charge is 0.263 e. The van der Waals surface area contributed by atoms with Gasteiger partial charge in [-0.2, -0.15) is 0 Å². The molecule has 5 nitrogen and oxygen atoms in total. The number of carbonyl (C=O) groups excluding carboxylic acids is 1. The molecule has 0 aliphatic carbocycles. The van der Waals surface area contributed by atoms with E-state index < -0.39 is 0 Å². The molecule has 9 heteroatoms.